The number of imidazole rings is 1. The number of aromatic nitrogens is 2. The van der Waals surface area contributed by atoms with Crippen LogP contribution in [0.1, 0.15) is 34.4 Å². The highest BCUT2D eigenvalue weighted by molar-refractivity contribution is 7.12. The number of anilines is 1. The molecule has 1 atom stereocenters. The van der Waals surface area contributed by atoms with Crippen molar-refractivity contribution < 1.29 is 9.53 Å². The average molecular weight is 313 g/mol. The van der Waals surface area contributed by atoms with Gasteiger partial charge in [-0.25, -0.2) is 4.98 Å². The van der Waals surface area contributed by atoms with Crippen molar-refractivity contribution in [3.8, 4) is 0 Å². The molecule has 0 saturated carbocycles. The van der Waals surface area contributed by atoms with E-state index in [4.69, 9.17) is 4.74 Å². The molecule has 4 rings (SSSR count). The number of nitrogens with zero attached hydrogens (tertiary/aromatic N) is 1. The van der Waals surface area contributed by atoms with Gasteiger partial charge in [-0.15, -0.1) is 11.3 Å². The van der Waals surface area contributed by atoms with Crippen molar-refractivity contribution in [3.63, 3.8) is 0 Å². The Morgan fingerprint density at radius 2 is 2.36 bits per heavy atom. The summed E-state index contributed by atoms with van der Waals surface area (Å²) in [6, 6.07) is 9.37. The number of amides is 1. The molecule has 1 amide bonds. The van der Waals surface area contributed by atoms with Crippen LogP contribution in [-0.4, -0.2) is 22.5 Å². The lowest BCUT2D eigenvalue weighted by molar-refractivity contribution is 0.103. The molecule has 0 bridgehead atoms. The van der Waals surface area contributed by atoms with Gasteiger partial charge in [-0.3, -0.25) is 4.79 Å². The number of hydrogen-bond acceptors (Lipinski definition) is 4. The van der Waals surface area contributed by atoms with Crippen molar-refractivity contribution in [3.05, 3.63) is 46.4 Å². The Bertz CT molecular complexity index is 804. The molecule has 1 saturated heterocycles. The third-order valence-corrected chi connectivity index (χ3v) is 4.61. The van der Waals surface area contributed by atoms with Gasteiger partial charge >= 0.3 is 0 Å². The lowest BCUT2D eigenvalue weighted by Gasteiger charge is -2.03. The fourth-order valence-electron chi connectivity index (χ4n) is 2.65. The number of ether oxygens (including phenoxy) is 1. The second-order valence-electron chi connectivity index (χ2n) is 5.29. The van der Waals surface area contributed by atoms with Crippen LogP contribution in [0.15, 0.2) is 35.7 Å². The van der Waals surface area contributed by atoms with Gasteiger partial charge in [0.2, 0.25) is 0 Å². The summed E-state index contributed by atoms with van der Waals surface area (Å²) in [6.07, 6.45) is 2.14. The monoisotopic (exact) mass is 313 g/mol. The van der Waals surface area contributed by atoms with Crippen LogP contribution < -0.4 is 5.32 Å². The summed E-state index contributed by atoms with van der Waals surface area (Å²) in [5.74, 6) is 0.780. The van der Waals surface area contributed by atoms with E-state index in [1.54, 1.807) is 0 Å². The number of rotatable bonds is 3. The second kappa shape index (κ2) is 5.55. The minimum Gasteiger partial charge on any atom is -0.370 e. The molecule has 1 aromatic carbocycles. The summed E-state index contributed by atoms with van der Waals surface area (Å²) in [4.78, 5) is 20.7. The van der Waals surface area contributed by atoms with Crippen LogP contribution in [0.25, 0.3) is 11.0 Å². The zero-order valence-electron chi connectivity index (χ0n) is 11.8. The normalized spacial score (nSPS) is 17.9. The van der Waals surface area contributed by atoms with Crippen molar-refractivity contribution in [1.29, 1.82) is 0 Å². The number of benzene rings is 1. The van der Waals surface area contributed by atoms with Gasteiger partial charge in [0, 0.05) is 12.3 Å². The van der Waals surface area contributed by atoms with Gasteiger partial charge in [-0.05, 0) is 42.5 Å². The largest absolute Gasteiger partial charge is 0.370 e. The van der Waals surface area contributed by atoms with Crippen molar-refractivity contribution in [2.45, 2.75) is 18.9 Å². The Morgan fingerprint density at radius 1 is 1.41 bits per heavy atom. The molecule has 1 aliphatic rings. The lowest BCUT2D eigenvalue weighted by Crippen LogP contribution is -2.09. The summed E-state index contributed by atoms with van der Waals surface area (Å²) in [6.45, 7) is 0.795. The van der Waals surface area contributed by atoms with E-state index in [-0.39, 0.29) is 12.0 Å². The van der Waals surface area contributed by atoms with E-state index < -0.39 is 0 Å². The van der Waals surface area contributed by atoms with Crippen LogP contribution in [0.5, 0.6) is 0 Å². The maximum atomic E-state index is 12.1. The first kappa shape index (κ1) is 13.5. The van der Waals surface area contributed by atoms with Crippen LogP contribution in [0, 0.1) is 0 Å². The van der Waals surface area contributed by atoms with E-state index in [2.05, 4.69) is 15.3 Å². The van der Waals surface area contributed by atoms with E-state index in [1.165, 1.54) is 11.3 Å². The number of thiophene rings is 1. The first-order chi connectivity index (χ1) is 10.8. The number of aromatic amines is 1. The molecule has 0 radical (unpaired) electrons. The Labute approximate surface area is 131 Å². The maximum Gasteiger partial charge on any atom is 0.265 e. The number of H-pyrrole nitrogens is 1. The highest BCUT2D eigenvalue weighted by atomic mass is 32.1. The zero-order valence-corrected chi connectivity index (χ0v) is 12.7. The number of fused-ring (bicyclic) bond motifs is 1. The summed E-state index contributed by atoms with van der Waals surface area (Å²) in [5.41, 5.74) is 2.56. The van der Waals surface area contributed by atoms with Crippen molar-refractivity contribution >= 4 is 34.0 Å². The fraction of sp³-hybridized carbons (Fsp3) is 0.250. The lowest BCUT2D eigenvalue weighted by atomic mass is 10.2. The molecule has 1 fully saturated rings. The standard InChI is InChI=1S/C16H15N3O2S/c20-16(14-4-2-8-22-14)17-10-5-6-11-12(9-10)19-15(18-11)13-3-1-7-21-13/h2,4-6,8-9,13H,1,3,7H2,(H,17,20)(H,18,19)/t13-/m1/s1. The van der Waals surface area contributed by atoms with Crippen molar-refractivity contribution in [2.75, 3.05) is 11.9 Å². The van der Waals surface area contributed by atoms with E-state index in [1.807, 2.05) is 35.7 Å². The predicted octanol–water partition coefficient (Wildman–Crippen LogP) is 3.73. The predicted molar refractivity (Wildman–Crippen MR) is 86.3 cm³/mol. The molecule has 1 aliphatic heterocycles. The van der Waals surface area contributed by atoms with Gasteiger partial charge in [-0.1, -0.05) is 6.07 Å². The minimum atomic E-state index is -0.0896. The van der Waals surface area contributed by atoms with Crippen LogP contribution in [0.2, 0.25) is 0 Å². The maximum absolute atomic E-state index is 12.1. The minimum absolute atomic E-state index is 0.0663. The van der Waals surface area contributed by atoms with E-state index in [9.17, 15) is 4.79 Å². The van der Waals surface area contributed by atoms with E-state index in [0.717, 1.165) is 42.0 Å². The Morgan fingerprint density at radius 3 is 3.14 bits per heavy atom. The Hall–Kier alpha value is -2.18. The SMILES string of the molecule is O=C(Nc1ccc2nc([C@H]3CCCO3)[nH]c2c1)c1cccs1. The van der Waals surface area contributed by atoms with E-state index in [0.29, 0.717) is 4.88 Å². The smallest absolute Gasteiger partial charge is 0.265 e. The van der Waals surface area contributed by atoms with Gasteiger partial charge < -0.3 is 15.0 Å². The molecule has 6 heteroatoms. The van der Waals surface area contributed by atoms with Crippen LogP contribution in [0.3, 0.4) is 0 Å². The quantitative estimate of drug-likeness (QED) is 0.774. The second-order valence-corrected chi connectivity index (χ2v) is 6.23. The molecule has 0 aliphatic carbocycles. The Balaban J connectivity index is 1.58. The molecular formula is C16H15N3O2S. The first-order valence-electron chi connectivity index (χ1n) is 7.26. The van der Waals surface area contributed by atoms with Gasteiger partial charge in [0.25, 0.3) is 5.91 Å². The zero-order chi connectivity index (χ0) is 14.9. The summed E-state index contributed by atoms with van der Waals surface area (Å²) in [5, 5.41) is 4.80. The fourth-order valence-corrected chi connectivity index (χ4v) is 3.27. The van der Waals surface area contributed by atoms with Gasteiger partial charge in [-0.2, -0.15) is 0 Å². The van der Waals surface area contributed by atoms with Gasteiger partial charge in [0.05, 0.1) is 15.9 Å². The highest BCUT2D eigenvalue weighted by Gasteiger charge is 2.21. The van der Waals surface area contributed by atoms with Crippen LogP contribution in [-0.2, 0) is 4.74 Å². The summed E-state index contributed by atoms with van der Waals surface area (Å²) >= 11 is 1.43. The topological polar surface area (TPSA) is 67.0 Å². The summed E-state index contributed by atoms with van der Waals surface area (Å²) in [7, 11) is 0. The van der Waals surface area contributed by atoms with Gasteiger partial charge in [0.15, 0.2) is 0 Å². The molecule has 5 nitrogen and oxygen atoms in total. The molecular weight excluding hydrogens is 298 g/mol. The van der Waals surface area contributed by atoms with Crippen LogP contribution >= 0.6 is 11.3 Å². The number of nitrogens with one attached hydrogen (secondary N) is 2. The molecule has 3 aromatic rings. The third-order valence-electron chi connectivity index (χ3n) is 3.74. The molecule has 22 heavy (non-hydrogen) atoms. The molecule has 0 unspecified atom stereocenters. The van der Waals surface area contributed by atoms with Gasteiger partial charge in [0.1, 0.15) is 11.9 Å². The summed E-state index contributed by atoms with van der Waals surface area (Å²) < 4.78 is 5.65. The molecule has 2 N–H and O–H groups in total. The van der Waals surface area contributed by atoms with E-state index >= 15 is 0 Å². The molecule has 3 heterocycles. The molecule has 0 spiro atoms. The molecule has 112 valence electrons. The Kier molecular flexibility index (Phi) is 3.40. The number of carbonyl (C=O) groups is 1. The third kappa shape index (κ3) is 2.51. The molecule has 2 aromatic heterocycles. The van der Waals surface area contributed by atoms with Crippen LogP contribution in [0.4, 0.5) is 5.69 Å². The number of carbonyl (C=O) groups excluding carboxylic acids is 1. The number of hydrogen-bond donors (Lipinski definition) is 2. The van der Waals surface area contributed by atoms with Crippen molar-refractivity contribution in [2.24, 2.45) is 0 Å². The van der Waals surface area contributed by atoms with Crippen molar-refractivity contribution in [1.82, 2.24) is 9.97 Å². The average Bonchev–Trinajstić information content (AvgIpc) is 3.26. The highest BCUT2D eigenvalue weighted by Crippen LogP contribution is 2.28. The first-order valence-corrected chi connectivity index (χ1v) is 8.14.